The van der Waals surface area contributed by atoms with Crippen molar-refractivity contribution < 1.29 is 14.6 Å². The first kappa shape index (κ1) is 14.4. The molecule has 3 N–H and O–H groups in total. The van der Waals surface area contributed by atoms with Crippen LogP contribution in [0.15, 0.2) is 34.8 Å². The van der Waals surface area contributed by atoms with E-state index in [9.17, 15) is 4.79 Å². The highest BCUT2D eigenvalue weighted by Gasteiger charge is 2.10. The number of hydrogen-bond donors (Lipinski definition) is 2. The number of carboxylic acid groups (broad SMARTS) is 1. The summed E-state index contributed by atoms with van der Waals surface area (Å²) in [6, 6.07) is 8.12. The van der Waals surface area contributed by atoms with Crippen molar-refractivity contribution in [3.63, 3.8) is 0 Å². The third-order valence-corrected chi connectivity index (χ3v) is 4.15. The van der Waals surface area contributed by atoms with E-state index in [0.29, 0.717) is 17.2 Å². The zero-order chi connectivity index (χ0) is 14.9. The van der Waals surface area contributed by atoms with Crippen LogP contribution in [-0.4, -0.2) is 11.1 Å². The molecular weight excluding hydrogens is 322 g/mol. The lowest BCUT2D eigenvalue weighted by atomic mass is 10.1. The molecule has 104 valence electrons. The fourth-order valence-corrected chi connectivity index (χ4v) is 2.08. The third kappa shape index (κ3) is 2.93. The molecule has 20 heavy (non-hydrogen) atoms. The van der Waals surface area contributed by atoms with Gasteiger partial charge in [-0.3, -0.25) is 0 Å². The van der Waals surface area contributed by atoms with Gasteiger partial charge in [0.25, 0.3) is 0 Å². The summed E-state index contributed by atoms with van der Waals surface area (Å²) in [6.45, 7) is 3.92. The lowest BCUT2D eigenvalue weighted by Gasteiger charge is -2.12. The molecule has 2 aromatic rings. The molecule has 0 aliphatic heterocycles. The summed E-state index contributed by atoms with van der Waals surface area (Å²) in [5.74, 6) is -0.0542. The van der Waals surface area contributed by atoms with Gasteiger partial charge in [0.15, 0.2) is 5.75 Å². The van der Waals surface area contributed by atoms with E-state index in [-0.39, 0.29) is 5.56 Å². The van der Waals surface area contributed by atoms with Crippen LogP contribution in [0.1, 0.15) is 21.5 Å². The minimum Gasteiger partial charge on any atom is -0.478 e. The standard InChI is InChI=1S/C15H14BrNO3/c1-8-5-11(6-9(2)14(8)16)20-13-7-10(15(18)19)3-4-12(13)17/h3-7H,17H2,1-2H3,(H,18,19). The number of rotatable bonds is 3. The topological polar surface area (TPSA) is 72.5 Å². The lowest BCUT2D eigenvalue weighted by molar-refractivity contribution is 0.0696. The second-order valence-corrected chi connectivity index (χ2v) is 5.32. The van der Waals surface area contributed by atoms with E-state index in [2.05, 4.69) is 15.9 Å². The molecule has 0 aliphatic carbocycles. The SMILES string of the molecule is Cc1cc(Oc2cc(C(=O)O)ccc2N)cc(C)c1Br. The van der Waals surface area contributed by atoms with E-state index in [1.54, 1.807) is 0 Å². The molecule has 0 saturated heterocycles. The van der Waals surface area contributed by atoms with Crippen molar-refractivity contribution in [1.82, 2.24) is 0 Å². The van der Waals surface area contributed by atoms with Gasteiger partial charge in [0.1, 0.15) is 5.75 Å². The average molecular weight is 336 g/mol. The first-order chi connectivity index (χ1) is 9.38. The Hall–Kier alpha value is -2.01. The van der Waals surface area contributed by atoms with Crippen molar-refractivity contribution in [2.24, 2.45) is 0 Å². The molecule has 4 nitrogen and oxygen atoms in total. The second-order valence-electron chi connectivity index (χ2n) is 4.53. The van der Waals surface area contributed by atoms with Crippen LogP contribution in [0.25, 0.3) is 0 Å². The maximum absolute atomic E-state index is 11.0. The number of carbonyl (C=O) groups is 1. The number of ether oxygens (including phenoxy) is 1. The Kier molecular flexibility index (Phi) is 3.99. The normalized spacial score (nSPS) is 10.3. The molecular formula is C15H14BrNO3. The number of anilines is 1. The van der Waals surface area contributed by atoms with Crippen LogP contribution in [0.3, 0.4) is 0 Å². The minimum absolute atomic E-state index is 0.139. The highest BCUT2D eigenvalue weighted by Crippen LogP contribution is 2.32. The lowest BCUT2D eigenvalue weighted by Crippen LogP contribution is -1.99. The van der Waals surface area contributed by atoms with Crippen LogP contribution in [0.5, 0.6) is 11.5 Å². The first-order valence-electron chi connectivity index (χ1n) is 5.96. The van der Waals surface area contributed by atoms with Gasteiger partial charge in [-0.15, -0.1) is 0 Å². The Bertz CT molecular complexity index is 660. The molecule has 0 saturated carbocycles. The van der Waals surface area contributed by atoms with Crippen molar-refractivity contribution in [2.75, 3.05) is 5.73 Å². The fourth-order valence-electron chi connectivity index (χ4n) is 1.85. The van der Waals surface area contributed by atoms with Crippen LogP contribution in [-0.2, 0) is 0 Å². The molecule has 0 unspecified atom stereocenters. The van der Waals surface area contributed by atoms with Gasteiger partial charge in [-0.2, -0.15) is 0 Å². The fraction of sp³-hybridized carbons (Fsp3) is 0.133. The molecule has 0 aliphatic rings. The van der Waals surface area contributed by atoms with Gasteiger partial charge in [-0.05, 0) is 55.3 Å². The molecule has 0 amide bonds. The Morgan fingerprint density at radius 3 is 2.35 bits per heavy atom. The number of carboxylic acids is 1. The van der Waals surface area contributed by atoms with Gasteiger partial charge in [-0.25, -0.2) is 4.79 Å². The third-order valence-electron chi connectivity index (χ3n) is 2.90. The van der Waals surface area contributed by atoms with E-state index in [4.69, 9.17) is 15.6 Å². The van der Waals surface area contributed by atoms with E-state index < -0.39 is 5.97 Å². The zero-order valence-corrected chi connectivity index (χ0v) is 12.7. The average Bonchev–Trinajstić information content (AvgIpc) is 2.38. The van der Waals surface area contributed by atoms with Gasteiger partial charge in [-0.1, -0.05) is 15.9 Å². The number of nitrogens with two attached hydrogens (primary N) is 1. The summed E-state index contributed by atoms with van der Waals surface area (Å²) in [6.07, 6.45) is 0. The Morgan fingerprint density at radius 1 is 1.20 bits per heavy atom. The largest absolute Gasteiger partial charge is 0.478 e. The number of aryl methyl sites for hydroxylation is 2. The van der Waals surface area contributed by atoms with E-state index in [0.717, 1.165) is 15.6 Å². The van der Waals surface area contributed by atoms with Crippen LogP contribution in [0, 0.1) is 13.8 Å². The first-order valence-corrected chi connectivity index (χ1v) is 6.75. The minimum atomic E-state index is -1.02. The number of nitrogen functional groups attached to an aromatic ring is 1. The monoisotopic (exact) mass is 335 g/mol. The summed E-state index contributed by atoms with van der Waals surface area (Å²) < 4.78 is 6.73. The molecule has 0 bridgehead atoms. The van der Waals surface area contributed by atoms with Crippen molar-refractivity contribution in [2.45, 2.75) is 13.8 Å². The molecule has 0 radical (unpaired) electrons. The van der Waals surface area contributed by atoms with E-state index >= 15 is 0 Å². The Morgan fingerprint density at radius 2 is 1.80 bits per heavy atom. The van der Waals surface area contributed by atoms with Gasteiger partial charge in [0, 0.05) is 4.47 Å². The molecule has 0 fully saturated rings. The van der Waals surface area contributed by atoms with Gasteiger partial charge < -0.3 is 15.6 Å². The van der Waals surface area contributed by atoms with Crippen LogP contribution in [0.4, 0.5) is 5.69 Å². The highest BCUT2D eigenvalue weighted by molar-refractivity contribution is 9.10. The quantitative estimate of drug-likeness (QED) is 0.827. The number of benzene rings is 2. The Labute approximate surface area is 125 Å². The smallest absolute Gasteiger partial charge is 0.335 e. The van der Waals surface area contributed by atoms with Crippen molar-refractivity contribution in [1.29, 1.82) is 0 Å². The summed E-state index contributed by atoms with van der Waals surface area (Å²) in [7, 11) is 0. The summed E-state index contributed by atoms with van der Waals surface area (Å²) in [5.41, 5.74) is 8.42. The molecule has 2 aromatic carbocycles. The maximum Gasteiger partial charge on any atom is 0.335 e. The van der Waals surface area contributed by atoms with Crippen LogP contribution < -0.4 is 10.5 Å². The van der Waals surface area contributed by atoms with Crippen LogP contribution >= 0.6 is 15.9 Å². The predicted molar refractivity (Wildman–Crippen MR) is 81.5 cm³/mol. The molecule has 2 rings (SSSR count). The number of aromatic carboxylic acids is 1. The molecule has 0 atom stereocenters. The van der Waals surface area contributed by atoms with E-state index in [1.165, 1.54) is 18.2 Å². The predicted octanol–water partition coefficient (Wildman–Crippen LogP) is 4.14. The van der Waals surface area contributed by atoms with Gasteiger partial charge in [0.05, 0.1) is 11.3 Å². The molecule has 0 spiro atoms. The number of halogens is 1. The van der Waals surface area contributed by atoms with Gasteiger partial charge in [0.2, 0.25) is 0 Å². The molecule has 5 heteroatoms. The summed E-state index contributed by atoms with van der Waals surface area (Å²) in [4.78, 5) is 11.0. The second kappa shape index (κ2) is 5.54. The van der Waals surface area contributed by atoms with E-state index in [1.807, 2.05) is 26.0 Å². The van der Waals surface area contributed by atoms with Crippen molar-refractivity contribution in [3.05, 3.63) is 51.5 Å². The summed E-state index contributed by atoms with van der Waals surface area (Å²) in [5, 5.41) is 8.99. The van der Waals surface area contributed by atoms with Gasteiger partial charge >= 0.3 is 5.97 Å². The van der Waals surface area contributed by atoms with Crippen molar-refractivity contribution >= 4 is 27.6 Å². The van der Waals surface area contributed by atoms with Crippen LogP contribution in [0.2, 0.25) is 0 Å². The maximum atomic E-state index is 11.0. The number of hydrogen-bond acceptors (Lipinski definition) is 3. The molecule has 0 aromatic heterocycles. The zero-order valence-electron chi connectivity index (χ0n) is 11.1. The highest BCUT2D eigenvalue weighted by atomic mass is 79.9. The summed E-state index contributed by atoms with van der Waals surface area (Å²) >= 11 is 3.49. The van der Waals surface area contributed by atoms with Crippen molar-refractivity contribution in [3.8, 4) is 11.5 Å². The Balaban J connectivity index is 2.39. The molecule has 0 heterocycles.